The van der Waals surface area contributed by atoms with E-state index in [1.165, 1.54) is 13.8 Å². The maximum atomic E-state index is 9.85. The first kappa shape index (κ1) is 16.3. The van der Waals surface area contributed by atoms with Crippen LogP contribution >= 0.6 is 0 Å². The Labute approximate surface area is 87.1 Å². The molecule has 6 N–H and O–H groups in total. The summed E-state index contributed by atoms with van der Waals surface area (Å²) in [6.07, 6.45) is -0.201. The van der Waals surface area contributed by atoms with Crippen molar-refractivity contribution in [3.63, 3.8) is 0 Å². The van der Waals surface area contributed by atoms with Crippen LogP contribution in [0.4, 0.5) is 0 Å². The lowest BCUT2D eigenvalue weighted by Crippen LogP contribution is -2.33. The Balaban J connectivity index is 0. The molecule has 0 radical (unpaired) electrons. The Kier molecular flexibility index (Phi) is 7.76. The third-order valence-electron chi connectivity index (χ3n) is 1.10. The fourth-order valence-electron chi connectivity index (χ4n) is 0.448. The van der Waals surface area contributed by atoms with Gasteiger partial charge < -0.3 is 26.2 Å². The fraction of sp³-hybridized carbons (Fsp3) is 0.750. The highest BCUT2D eigenvalue weighted by molar-refractivity contribution is 5.73. The van der Waals surface area contributed by atoms with E-state index < -0.39 is 30.2 Å². The summed E-state index contributed by atoms with van der Waals surface area (Å²) in [5.41, 5.74) is 3.69. The molecule has 0 bridgehead atoms. The molecule has 0 saturated heterocycles. The Morgan fingerprint density at radius 3 is 1.73 bits per heavy atom. The number of aliphatic hydroxyl groups excluding tert-OH is 1. The second-order valence-corrected chi connectivity index (χ2v) is 3.51. The number of carboxylic acids is 2. The number of carbonyl (C=O) groups is 2. The molecule has 15 heavy (non-hydrogen) atoms. The van der Waals surface area contributed by atoms with Crippen molar-refractivity contribution in [1.82, 2.24) is 0 Å². The van der Waals surface area contributed by atoms with E-state index in [1.807, 2.05) is 0 Å². The largest absolute Gasteiger partial charge is 0.481 e. The number of rotatable bonds is 4. The quantitative estimate of drug-likeness (QED) is 0.395. The van der Waals surface area contributed by atoms with Gasteiger partial charge in [0.25, 0.3) is 0 Å². The average Bonchev–Trinajstić information content (AvgIpc) is 1.99. The van der Waals surface area contributed by atoms with Crippen molar-refractivity contribution < 1.29 is 30.0 Å². The van der Waals surface area contributed by atoms with Gasteiger partial charge in [0.2, 0.25) is 0 Å². The van der Waals surface area contributed by atoms with Crippen molar-refractivity contribution >= 4 is 11.9 Å². The molecule has 1 atom stereocenters. The Bertz CT molecular complexity index is 210. The van der Waals surface area contributed by atoms with Gasteiger partial charge in [-0.15, -0.1) is 0 Å². The van der Waals surface area contributed by atoms with Gasteiger partial charge in [-0.1, -0.05) is 0 Å². The van der Waals surface area contributed by atoms with Gasteiger partial charge in [0.15, 0.2) is 0 Å². The Hall–Kier alpha value is -1.18. The molecule has 7 nitrogen and oxygen atoms in total. The normalized spacial score (nSPS) is 12.3. The van der Waals surface area contributed by atoms with E-state index in [0.29, 0.717) is 0 Å². The fourth-order valence-corrected chi connectivity index (χ4v) is 0.448. The maximum absolute atomic E-state index is 9.85. The van der Waals surface area contributed by atoms with Gasteiger partial charge in [0.05, 0.1) is 18.6 Å². The molecule has 0 aromatic carbocycles. The van der Waals surface area contributed by atoms with Crippen LogP contribution in [0.25, 0.3) is 0 Å². The first-order chi connectivity index (χ1) is 6.60. The van der Waals surface area contributed by atoms with E-state index in [4.69, 9.17) is 26.2 Å². The number of hydrogen-bond donors (Lipinski definition) is 5. The minimum atomic E-state index is -1.18. The zero-order valence-electron chi connectivity index (χ0n) is 8.67. The predicted molar refractivity (Wildman–Crippen MR) is 51.2 cm³/mol. The molecule has 0 saturated carbocycles. The lowest BCUT2D eigenvalue weighted by molar-refractivity contribution is -0.141. The first-order valence-corrected chi connectivity index (χ1v) is 4.13. The van der Waals surface area contributed by atoms with Crippen molar-refractivity contribution in [2.75, 3.05) is 6.61 Å². The molecular formula is C8H17NO6. The summed E-state index contributed by atoms with van der Waals surface area (Å²) in [6.45, 7) is 2.41. The van der Waals surface area contributed by atoms with Crippen molar-refractivity contribution in [1.29, 1.82) is 0 Å². The molecule has 0 aliphatic rings. The Morgan fingerprint density at radius 1 is 1.33 bits per heavy atom. The maximum Gasteiger partial charge on any atom is 0.322 e. The number of hydrogen-bond acceptors (Lipinski definition) is 5. The summed E-state index contributed by atoms with van der Waals surface area (Å²) in [5.74, 6) is -2.15. The average molecular weight is 223 g/mol. The molecule has 0 fully saturated rings. The van der Waals surface area contributed by atoms with E-state index >= 15 is 0 Å². The van der Waals surface area contributed by atoms with E-state index in [-0.39, 0.29) is 6.42 Å². The highest BCUT2D eigenvalue weighted by atomic mass is 16.4. The molecule has 0 heterocycles. The summed E-state index contributed by atoms with van der Waals surface area (Å²) >= 11 is 0. The van der Waals surface area contributed by atoms with Crippen LogP contribution in [0.2, 0.25) is 0 Å². The second-order valence-electron chi connectivity index (χ2n) is 3.51. The zero-order chi connectivity index (χ0) is 12.6. The van der Waals surface area contributed by atoms with E-state index in [9.17, 15) is 9.59 Å². The molecule has 7 heteroatoms. The summed E-state index contributed by atoms with van der Waals surface area (Å²) < 4.78 is 0. The zero-order valence-corrected chi connectivity index (χ0v) is 8.67. The number of carboxylic acid groups (broad SMARTS) is 2. The molecule has 0 unspecified atom stereocenters. The summed E-state index contributed by atoms with van der Waals surface area (Å²) in [5, 5.41) is 32.8. The van der Waals surface area contributed by atoms with Crippen molar-refractivity contribution in [2.45, 2.75) is 31.9 Å². The van der Waals surface area contributed by atoms with Crippen molar-refractivity contribution in [2.24, 2.45) is 5.73 Å². The molecule has 0 rings (SSSR count). The molecule has 0 aromatic heterocycles. The standard InChI is InChI=1S/C5H10O3.C3H7NO3/c1-5(2,8)3-4(6)7;4-2(1-5)3(6)7/h8H,3H2,1-2H3,(H,6,7);2,5H,1,4H2,(H,6,7)/t;2-/m.0/s1. The lowest BCUT2D eigenvalue weighted by atomic mass is 10.1. The summed E-state index contributed by atoms with van der Waals surface area (Å²) in [7, 11) is 0. The third kappa shape index (κ3) is 15.6. The lowest BCUT2D eigenvalue weighted by Gasteiger charge is -2.12. The minimum Gasteiger partial charge on any atom is -0.481 e. The van der Waals surface area contributed by atoms with E-state index in [0.717, 1.165) is 0 Å². The molecule has 0 amide bonds. The van der Waals surface area contributed by atoms with Crippen LogP contribution in [0.15, 0.2) is 0 Å². The van der Waals surface area contributed by atoms with E-state index in [2.05, 4.69) is 0 Å². The van der Waals surface area contributed by atoms with Gasteiger partial charge in [-0.3, -0.25) is 9.59 Å². The van der Waals surface area contributed by atoms with Crippen LogP contribution < -0.4 is 5.73 Å². The number of aliphatic carboxylic acids is 2. The number of nitrogens with two attached hydrogens (primary N) is 1. The van der Waals surface area contributed by atoms with Crippen LogP contribution in [0.3, 0.4) is 0 Å². The van der Waals surface area contributed by atoms with Gasteiger partial charge in [-0.25, -0.2) is 0 Å². The minimum absolute atomic E-state index is 0.201. The van der Waals surface area contributed by atoms with Crippen molar-refractivity contribution in [3.8, 4) is 0 Å². The Morgan fingerprint density at radius 2 is 1.73 bits per heavy atom. The van der Waals surface area contributed by atoms with Gasteiger partial charge in [0, 0.05) is 0 Å². The first-order valence-electron chi connectivity index (χ1n) is 4.13. The second kappa shape index (κ2) is 7.16. The molecule has 0 aliphatic carbocycles. The smallest absolute Gasteiger partial charge is 0.322 e. The van der Waals surface area contributed by atoms with Crippen molar-refractivity contribution in [3.05, 3.63) is 0 Å². The van der Waals surface area contributed by atoms with Crippen LogP contribution in [0.5, 0.6) is 0 Å². The van der Waals surface area contributed by atoms with E-state index in [1.54, 1.807) is 0 Å². The SMILES string of the molecule is CC(C)(O)CC(=O)O.N[C@@H](CO)C(=O)O. The molecule has 0 aliphatic heterocycles. The van der Waals surface area contributed by atoms with Crippen LogP contribution in [0.1, 0.15) is 20.3 Å². The molecule has 90 valence electrons. The van der Waals surface area contributed by atoms with Gasteiger partial charge in [0.1, 0.15) is 6.04 Å². The summed E-state index contributed by atoms with van der Waals surface area (Å²) in [4.78, 5) is 19.5. The molecule has 0 spiro atoms. The molecule has 0 aromatic rings. The van der Waals surface area contributed by atoms with Gasteiger partial charge in [-0.2, -0.15) is 0 Å². The highest BCUT2D eigenvalue weighted by Gasteiger charge is 2.16. The van der Waals surface area contributed by atoms with Crippen LogP contribution in [-0.2, 0) is 9.59 Å². The predicted octanol–water partition coefficient (Wildman–Crippen LogP) is -1.38. The summed E-state index contributed by atoms with van der Waals surface area (Å²) in [6, 6.07) is -1.13. The monoisotopic (exact) mass is 223 g/mol. The molecular weight excluding hydrogens is 206 g/mol. The van der Waals surface area contributed by atoms with Crippen LogP contribution in [-0.4, -0.2) is 50.6 Å². The number of aliphatic hydroxyl groups is 2. The topological polar surface area (TPSA) is 141 Å². The third-order valence-corrected chi connectivity index (χ3v) is 1.10. The van der Waals surface area contributed by atoms with Gasteiger partial charge in [-0.05, 0) is 13.8 Å². The highest BCUT2D eigenvalue weighted by Crippen LogP contribution is 2.05. The van der Waals surface area contributed by atoms with Gasteiger partial charge >= 0.3 is 11.9 Å². The van der Waals surface area contributed by atoms with Crippen LogP contribution in [0, 0.1) is 0 Å².